The molecule has 214 valence electrons. The molecule has 0 aromatic heterocycles. The van der Waals surface area contributed by atoms with E-state index in [4.69, 9.17) is 11.2 Å². The lowest BCUT2D eigenvalue weighted by Gasteiger charge is -2.32. The van der Waals surface area contributed by atoms with E-state index in [-0.39, 0.29) is 12.2 Å². The van der Waals surface area contributed by atoms with Crippen molar-refractivity contribution in [3.63, 3.8) is 0 Å². The van der Waals surface area contributed by atoms with E-state index in [2.05, 4.69) is 16.6 Å². The topological polar surface area (TPSA) is 108 Å². The summed E-state index contributed by atoms with van der Waals surface area (Å²) >= 11 is 0. The number of likely N-dealkylation sites (N-methyl/N-ethyl adjacent to an activating group) is 1. The number of hydrogen-bond donors (Lipinski definition) is 3. The number of terminal acetylenes is 1. The Morgan fingerprint density at radius 1 is 0.976 bits per heavy atom. The summed E-state index contributed by atoms with van der Waals surface area (Å²) in [5, 5.41) is 15.4. The van der Waals surface area contributed by atoms with Crippen molar-refractivity contribution in [1.29, 1.82) is 0 Å². The van der Waals surface area contributed by atoms with Gasteiger partial charge in [0.2, 0.25) is 5.91 Å². The minimum atomic E-state index is -1.11. The number of aryl methyl sites for hydroxylation is 2. The maximum atomic E-state index is 14.1. The molecule has 0 aliphatic rings. The zero-order valence-corrected chi connectivity index (χ0v) is 24.3. The molecule has 0 spiro atoms. The molecule has 0 saturated heterocycles. The third kappa shape index (κ3) is 8.12. The van der Waals surface area contributed by atoms with E-state index in [9.17, 15) is 19.5 Å². The molecule has 41 heavy (non-hydrogen) atoms. The fraction of sp³-hybridized carbons (Fsp3) is 0.303. The highest BCUT2D eigenvalue weighted by Gasteiger charge is 2.35. The summed E-state index contributed by atoms with van der Waals surface area (Å²) in [6.45, 7) is 8.95. The van der Waals surface area contributed by atoms with Crippen LogP contribution in [0.25, 0.3) is 0 Å². The van der Waals surface area contributed by atoms with Gasteiger partial charge in [0, 0.05) is 24.7 Å². The van der Waals surface area contributed by atoms with E-state index in [0.717, 1.165) is 11.1 Å². The number of rotatable bonds is 8. The van der Waals surface area contributed by atoms with Crippen LogP contribution in [0.1, 0.15) is 54.6 Å². The molecular formula is C33H37N3O5. The third-order valence-electron chi connectivity index (χ3n) is 6.49. The van der Waals surface area contributed by atoms with Gasteiger partial charge in [-0.3, -0.25) is 9.59 Å². The van der Waals surface area contributed by atoms with Crippen molar-refractivity contribution in [3.05, 3.63) is 94.5 Å². The first kappa shape index (κ1) is 30.8. The van der Waals surface area contributed by atoms with Gasteiger partial charge in [0.25, 0.3) is 5.91 Å². The van der Waals surface area contributed by atoms with Gasteiger partial charge in [-0.05, 0) is 75.1 Å². The Kier molecular flexibility index (Phi) is 9.80. The second-order valence-corrected chi connectivity index (χ2v) is 10.9. The van der Waals surface area contributed by atoms with Gasteiger partial charge in [-0.2, -0.15) is 0 Å². The molecule has 0 radical (unpaired) electrons. The molecule has 0 bridgehead atoms. The summed E-state index contributed by atoms with van der Waals surface area (Å²) in [6, 6.07) is 16.7. The number of nitrogens with one attached hydrogen (secondary N) is 2. The third-order valence-corrected chi connectivity index (χ3v) is 6.49. The number of phenols is 1. The second-order valence-electron chi connectivity index (χ2n) is 10.9. The number of carbonyl (C=O) groups is 3. The summed E-state index contributed by atoms with van der Waals surface area (Å²) in [5.74, 6) is 1.70. The Balaban J connectivity index is 2.03. The summed E-state index contributed by atoms with van der Waals surface area (Å²) in [7, 11) is 1.51. The van der Waals surface area contributed by atoms with Gasteiger partial charge in [-0.15, -0.1) is 6.42 Å². The summed E-state index contributed by atoms with van der Waals surface area (Å²) in [4.78, 5) is 42.1. The average Bonchev–Trinajstić information content (AvgIpc) is 2.90. The number of nitrogens with zero attached hydrogens (tertiary/aromatic N) is 1. The molecule has 3 rings (SSSR count). The first-order valence-electron chi connectivity index (χ1n) is 13.3. The molecule has 2 unspecified atom stereocenters. The van der Waals surface area contributed by atoms with Crippen molar-refractivity contribution >= 4 is 23.6 Å². The highest BCUT2D eigenvalue weighted by atomic mass is 16.6. The Morgan fingerprint density at radius 3 is 2.17 bits per heavy atom. The van der Waals surface area contributed by atoms with Gasteiger partial charge in [-0.25, -0.2) is 4.79 Å². The number of ether oxygens (including phenoxy) is 1. The number of aromatic hydroxyl groups is 1. The largest absolute Gasteiger partial charge is 0.508 e. The first-order valence-corrected chi connectivity index (χ1v) is 13.3. The van der Waals surface area contributed by atoms with Crippen LogP contribution in [0, 0.1) is 26.2 Å². The summed E-state index contributed by atoms with van der Waals surface area (Å²) in [5.41, 5.74) is 3.21. The van der Waals surface area contributed by atoms with E-state index in [1.165, 1.54) is 24.1 Å². The summed E-state index contributed by atoms with van der Waals surface area (Å²) < 4.78 is 5.42. The van der Waals surface area contributed by atoms with E-state index in [1.807, 2.05) is 32.0 Å². The fourth-order valence-electron chi connectivity index (χ4n) is 4.49. The Morgan fingerprint density at radius 2 is 1.59 bits per heavy atom. The van der Waals surface area contributed by atoms with Crippen molar-refractivity contribution in [2.24, 2.45) is 0 Å². The molecule has 0 saturated carbocycles. The van der Waals surface area contributed by atoms with Gasteiger partial charge >= 0.3 is 6.09 Å². The van der Waals surface area contributed by atoms with Crippen molar-refractivity contribution in [2.45, 2.75) is 58.7 Å². The zero-order valence-electron chi connectivity index (χ0n) is 24.3. The number of hydrogen-bond acceptors (Lipinski definition) is 5. The highest BCUT2D eigenvalue weighted by Crippen LogP contribution is 2.28. The average molecular weight is 556 g/mol. The molecule has 3 aromatic carbocycles. The van der Waals surface area contributed by atoms with Crippen molar-refractivity contribution in [1.82, 2.24) is 10.2 Å². The van der Waals surface area contributed by atoms with Crippen LogP contribution in [0.5, 0.6) is 5.75 Å². The minimum absolute atomic E-state index is 0.0722. The molecule has 0 heterocycles. The molecule has 3 amide bonds. The van der Waals surface area contributed by atoms with E-state index in [0.29, 0.717) is 22.4 Å². The van der Waals surface area contributed by atoms with E-state index >= 15 is 0 Å². The predicted molar refractivity (Wildman–Crippen MR) is 159 cm³/mol. The van der Waals surface area contributed by atoms with Gasteiger partial charge in [0.05, 0.1) is 0 Å². The fourth-order valence-corrected chi connectivity index (χ4v) is 4.49. The lowest BCUT2D eigenvalue weighted by molar-refractivity contribution is -0.139. The monoisotopic (exact) mass is 555 g/mol. The number of anilines is 1. The SMILES string of the molecule is C#Cc1ccccc1C(C(=O)Nc1c(C)cccc1C)N(C)C(=O)C(Cc1ccc(O)cc1)NC(=O)OC(C)(C)C. The van der Waals surface area contributed by atoms with Crippen LogP contribution in [-0.4, -0.2) is 46.6 Å². The number of para-hydroxylation sites is 1. The molecule has 8 nitrogen and oxygen atoms in total. The standard InChI is InChI=1S/C33H37N3O5/c1-8-24-14-9-10-15-26(24)29(30(38)35-28-21(2)12-11-13-22(28)3)36(7)31(39)27(34-32(40)41-33(4,5)6)20-23-16-18-25(37)19-17-23/h1,9-19,27,29,37H,20H2,2-7H3,(H,34,40)(H,35,38). The van der Waals surface area contributed by atoms with Crippen LogP contribution in [0.15, 0.2) is 66.7 Å². The number of phenolic OH excluding ortho intramolecular Hbond substituents is 1. The van der Waals surface area contributed by atoms with Crippen molar-refractivity contribution < 1.29 is 24.2 Å². The minimum Gasteiger partial charge on any atom is -0.508 e. The van der Waals surface area contributed by atoms with Crippen LogP contribution in [0.3, 0.4) is 0 Å². The van der Waals surface area contributed by atoms with E-state index < -0.39 is 35.6 Å². The predicted octanol–water partition coefficient (Wildman–Crippen LogP) is 5.26. The maximum Gasteiger partial charge on any atom is 0.408 e. The number of benzene rings is 3. The van der Waals surface area contributed by atoms with Gasteiger partial charge < -0.3 is 25.4 Å². The molecular weight excluding hydrogens is 518 g/mol. The van der Waals surface area contributed by atoms with Gasteiger partial charge in [0.15, 0.2) is 0 Å². The Bertz CT molecular complexity index is 1430. The van der Waals surface area contributed by atoms with Gasteiger partial charge in [-0.1, -0.05) is 54.5 Å². The lowest BCUT2D eigenvalue weighted by Crippen LogP contribution is -2.52. The van der Waals surface area contributed by atoms with Gasteiger partial charge in [0.1, 0.15) is 23.4 Å². The van der Waals surface area contributed by atoms with Crippen LogP contribution < -0.4 is 10.6 Å². The quantitative estimate of drug-likeness (QED) is 0.329. The van der Waals surface area contributed by atoms with Crippen LogP contribution in [0.4, 0.5) is 10.5 Å². The molecule has 2 atom stereocenters. The summed E-state index contributed by atoms with van der Waals surface area (Å²) in [6.07, 6.45) is 5.10. The van der Waals surface area contributed by atoms with E-state index in [1.54, 1.807) is 57.2 Å². The Hall–Kier alpha value is -4.77. The second kappa shape index (κ2) is 13.1. The van der Waals surface area contributed by atoms with Crippen molar-refractivity contribution in [3.8, 4) is 18.1 Å². The lowest BCUT2D eigenvalue weighted by atomic mass is 9.96. The highest BCUT2D eigenvalue weighted by molar-refractivity contribution is 6.00. The van der Waals surface area contributed by atoms with Crippen molar-refractivity contribution in [2.75, 3.05) is 12.4 Å². The van der Waals surface area contributed by atoms with Crippen LogP contribution >= 0.6 is 0 Å². The molecule has 0 aliphatic heterocycles. The number of amides is 3. The molecule has 0 aliphatic carbocycles. The molecule has 3 N–H and O–H groups in total. The molecule has 0 fully saturated rings. The maximum absolute atomic E-state index is 14.1. The zero-order chi connectivity index (χ0) is 30.3. The van der Waals surface area contributed by atoms with Crippen LogP contribution in [0.2, 0.25) is 0 Å². The normalized spacial score (nSPS) is 12.4. The molecule has 8 heteroatoms. The number of alkyl carbamates (subject to hydrolysis) is 1. The Labute approximate surface area is 241 Å². The first-order chi connectivity index (χ1) is 19.3. The van der Waals surface area contributed by atoms with Crippen LogP contribution in [-0.2, 0) is 20.7 Å². The smallest absolute Gasteiger partial charge is 0.408 e. The molecule has 3 aromatic rings. The number of carbonyl (C=O) groups excluding carboxylic acids is 3.